The summed E-state index contributed by atoms with van der Waals surface area (Å²) in [6.45, 7) is 2.59. The lowest BCUT2D eigenvalue weighted by molar-refractivity contribution is -0.104. The maximum absolute atomic E-state index is 10.3. The number of carbonyl (C=O) groups is 1. The molecule has 0 atom stereocenters. The Morgan fingerprint density at radius 1 is 1.46 bits per heavy atom. The third-order valence-corrected chi connectivity index (χ3v) is 1.57. The van der Waals surface area contributed by atoms with Gasteiger partial charge in [0.2, 0.25) is 0 Å². The zero-order valence-electron chi connectivity index (χ0n) is 8.30. The van der Waals surface area contributed by atoms with Crippen LogP contribution in [0.3, 0.4) is 0 Å². The fraction of sp³-hybridized carbons (Fsp3) is 0.545. The minimum Gasteiger partial charge on any atom is -0.385 e. The molecule has 2 nitrogen and oxygen atoms in total. The number of carbonyl (C=O) groups excluding carboxylic acids is 1. The second kappa shape index (κ2) is 9.02. The molecule has 0 rings (SSSR count). The monoisotopic (exact) mass is 180 g/mol. The molecular weight excluding hydrogens is 164 g/mol. The normalized spacial score (nSPS) is 10.5. The first-order valence-electron chi connectivity index (χ1n) is 4.44. The van der Waals surface area contributed by atoms with Gasteiger partial charge in [0.15, 0.2) is 6.29 Å². The Kier molecular flexibility index (Phi) is 8.28. The first kappa shape index (κ1) is 11.9. The summed E-state index contributed by atoms with van der Waals surface area (Å²) in [5.74, 6) is 5.74. The van der Waals surface area contributed by atoms with E-state index >= 15 is 0 Å². The van der Waals surface area contributed by atoms with Crippen molar-refractivity contribution in [3.05, 3.63) is 11.6 Å². The van der Waals surface area contributed by atoms with E-state index < -0.39 is 0 Å². The molecule has 0 radical (unpaired) electrons. The van der Waals surface area contributed by atoms with Crippen molar-refractivity contribution >= 4 is 6.29 Å². The molecule has 0 amide bonds. The molecule has 0 aromatic rings. The van der Waals surface area contributed by atoms with Crippen LogP contribution in [-0.4, -0.2) is 20.0 Å². The summed E-state index contributed by atoms with van der Waals surface area (Å²) in [7, 11) is 1.69. The van der Waals surface area contributed by atoms with Crippen molar-refractivity contribution < 1.29 is 9.53 Å². The molecule has 72 valence electrons. The van der Waals surface area contributed by atoms with Gasteiger partial charge in [-0.3, -0.25) is 4.79 Å². The highest BCUT2D eigenvalue weighted by molar-refractivity contribution is 5.79. The lowest BCUT2D eigenvalue weighted by Crippen LogP contribution is -1.87. The van der Waals surface area contributed by atoms with E-state index in [0.29, 0.717) is 5.57 Å². The van der Waals surface area contributed by atoms with Crippen molar-refractivity contribution in [1.82, 2.24) is 0 Å². The summed E-state index contributed by atoms with van der Waals surface area (Å²) in [5.41, 5.74) is 0.562. The predicted octanol–water partition coefficient (Wildman–Crippen LogP) is 1.95. The zero-order valence-corrected chi connectivity index (χ0v) is 8.30. The van der Waals surface area contributed by atoms with Crippen LogP contribution in [0.2, 0.25) is 0 Å². The molecule has 0 aliphatic heterocycles. The van der Waals surface area contributed by atoms with E-state index in [-0.39, 0.29) is 0 Å². The molecule has 0 fully saturated rings. The summed E-state index contributed by atoms with van der Waals surface area (Å²) < 4.78 is 4.90. The van der Waals surface area contributed by atoms with Gasteiger partial charge in [0.1, 0.15) is 0 Å². The standard InChI is InChI=1S/C11H16O2/c1-3-11(10-12)8-6-4-5-7-9-13-2/h3,10H,4-5,7,9H2,1-2H3/b11-3+. The van der Waals surface area contributed by atoms with Crippen LogP contribution >= 0.6 is 0 Å². The van der Waals surface area contributed by atoms with E-state index in [0.717, 1.165) is 32.2 Å². The Balaban J connectivity index is 3.55. The van der Waals surface area contributed by atoms with Crippen LogP contribution in [0.5, 0.6) is 0 Å². The van der Waals surface area contributed by atoms with Gasteiger partial charge < -0.3 is 4.74 Å². The van der Waals surface area contributed by atoms with Crippen molar-refractivity contribution in [2.75, 3.05) is 13.7 Å². The average molecular weight is 180 g/mol. The predicted molar refractivity (Wildman–Crippen MR) is 53.3 cm³/mol. The van der Waals surface area contributed by atoms with Crippen molar-refractivity contribution in [3.63, 3.8) is 0 Å². The summed E-state index contributed by atoms with van der Waals surface area (Å²) in [6, 6.07) is 0. The Morgan fingerprint density at radius 2 is 2.23 bits per heavy atom. The van der Waals surface area contributed by atoms with Crippen molar-refractivity contribution in [2.45, 2.75) is 26.2 Å². The van der Waals surface area contributed by atoms with Crippen LogP contribution in [-0.2, 0) is 9.53 Å². The zero-order chi connectivity index (χ0) is 9.94. The second-order valence-corrected chi connectivity index (χ2v) is 2.61. The number of rotatable bonds is 5. The molecule has 0 aliphatic carbocycles. The molecule has 0 saturated heterocycles. The summed E-state index contributed by atoms with van der Waals surface area (Å²) in [6.07, 6.45) is 5.37. The van der Waals surface area contributed by atoms with Crippen LogP contribution < -0.4 is 0 Å². The smallest absolute Gasteiger partial charge is 0.158 e. The van der Waals surface area contributed by atoms with Gasteiger partial charge in [0, 0.05) is 20.1 Å². The van der Waals surface area contributed by atoms with Gasteiger partial charge in [-0.1, -0.05) is 17.9 Å². The van der Waals surface area contributed by atoms with Gasteiger partial charge in [0.05, 0.1) is 5.57 Å². The molecule has 0 aliphatic rings. The van der Waals surface area contributed by atoms with Crippen molar-refractivity contribution in [2.24, 2.45) is 0 Å². The topological polar surface area (TPSA) is 26.3 Å². The third-order valence-electron chi connectivity index (χ3n) is 1.57. The van der Waals surface area contributed by atoms with Crippen LogP contribution in [0.15, 0.2) is 11.6 Å². The highest BCUT2D eigenvalue weighted by Crippen LogP contribution is 1.94. The highest BCUT2D eigenvalue weighted by atomic mass is 16.5. The first-order chi connectivity index (χ1) is 6.35. The van der Waals surface area contributed by atoms with Crippen molar-refractivity contribution in [1.29, 1.82) is 0 Å². The fourth-order valence-electron chi connectivity index (χ4n) is 0.794. The van der Waals surface area contributed by atoms with E-state index in [2.05, 4.69) is 11.8 Å². The highest BCUT2D eigenvalue weighted by Gasteiger charge is 1.85. The van der Waals surface area contributed by atoms with E-state index in [9.17, 15) is 4.79 Å². The maximum atomic E-state index is 10.3. The number of hydrogen-bond acceptors (Lipinski definition) is 2. The minimum absolute atomic E-state index is 0.562. The molecule has 0 aromatic carbocycles. The number of ether oxygens (including phenoxy) is 1. The molecule has 0 N–H and O–H groups in total. The van der Waals surface area contributed by atoms with Gasteiger partial charge in [-0.2, -0.15) is 0 Å². The average Bonchev–Trinajstić information content (AvgIpc) is 2.17. The summed E-state index contributed by atoms with van der Waals surface area (Å²) >= 11 is 0. The molecule has 0 spiro atoms. The largest absolute Gasteiger partial charge is 0.385 e. The number of allylic oxidation sites excluding steroid dienone is 2. The van der Waals surface area contributed by atoms with Gasteiger partial charge in [-0.05, 0) is 19.8 Å². The Hall–Kier alpha value is -1.07. The fourth-order valence-corrected chi connectivity index (χ4v) is 0.794. The van der Waals surface area contributed by atoms with Gasteiger partial charge in [-0.25, -0.2) is 0 Å². The maximum Gasteiger partial charge on any atom is 0.158 e. The first-order valence-corrected chi connectivity index (χ1v) is 4.44. The van der Waals surface area contributed by atoms with Crippen LogP contribution in [0, 0.1) is 11.8 Å². The molecule has 0 aromatic heterocycles. The number of methoxy groups -OCH3 is 1. The van der Waals surface area contributed by atoms with Crippen LogP contribution in [0.25, 0.3) is 0 Å². The Morgan fingerprint density at radius 3 is 2.77 bits per heavy atom. The van der Waals surface area contributed by atoms with Gasteiger partial charge in [-0.15, -0.1) is 0 Å². The number of unbranched alkanes of at least 4 members (excludes halogenated alkanes) is 2. The third kappa shape index (κ3) is 7.30. The Bertz CT molecular complexity index is 218. The van der Waals surface area contributed by atoms with E-state index in [1.54, 1.807) is 13.2 Å². The molecule has 0 heterocycles. The van der Waals surface area contributed by atoms with E-state index in [1.165, 1.54) is 0 Å². The number of hydrogen-bond donors (Lipinski definition) is 0. The molecular formula is C11H16O2. The second-order valence-electron chi connectivity index (χ2n) is 2.61. The van der Waals surface area contributed by atoms with Gasteiger partial charge >= 0.3 is 0 Å². The Labute approximate surface area is 80.0 Å². The lowest BCUT2D eigenvalue weighted by Gasteiger charge is -1.93. The minimum atomic E-state index is 0.562. The van der Waals surface area contributed by atoms with Crippen LogP contribution in [0.1, 0.15) is 26.2 Å². The SMILES string of the molecule is C/C=C(\C#CCCCCOC)C=O. The van der Waals surface area contributed by atoms with E-state index in [1.807, 2.05) is 6.92 Å². The molecule has 0 saturated carbocycles. The summed E-state index contributed by atoms with van der Waals surface area (Å²) in [4.78, 5) is 10.3. The van der Waals surface area contributed by atoms with Crippen LogP contribution in [0.4, 0.5) is 0 Å². The molecule has 0 unspecified atom stereocenters. The lowest BCUT2D eigenvalue weighted by atomic mass is 10.2. The van der Waals surface area contributed by atoms with Gasteiger partial charge in [0.25, 0.3) is 0 Å². The number of aldehydes is 1. The molecule has 13 heavy (non-hydrogen) atoms. The van der Waals surface area contributed by atoms with Crippen molar-refractivity contribution in [3.8, 4) is 11.8 Å². The molecule has 0 bridgehead atoms. The molecule has 2 heteroatoms. The summed E-state index contributed by atoms with van der Waals surface area (Å²) in [5, 5.41) is 0. The quantitative estimate of drug-likeness (QED) is 0.280. The van der Waals surface area contributed by atoms with E-state index in [4.69, 9.17) is 4.74 Å².